The van der Waals surface area contributed by atoms with Crippen LogP contribution in [0.5, 0.6) is 0 Å². The van der Waals surface area contributed by atoms with Gasteiger partial charge in [0.2, 0.25) is 10.0 Å². The summed E-state index contributed by atoms with van der Waals surface area (Å²) in [5.74, 6) is -0.782. The van der Waals surface area contributed by atoms with Crippen molar-refractivity contribution in [2.75, 3.05) is 19.7 Å². The van der Waals surface area contributed by atoms with Gasteiger partial charge in [0, 0.05) is 13.1 Å². The van der Waals surface area contributed by atoms with Crippen LogP contribution in [-0.4, -0.2) is 38.4 Å². The van der Waals surface area contributed by atoms with Crippen molar-refractivity contribution in [1.82, 2.24) is 4.31 Å². The second-order valence-electron chi connectivity index (χ2n) is 5.09. The van der Waals surface area contributed by atoms with E-state index in [1.54, 1.807) is 13.0 Å². The molecule has 1 aromatic rings. The molecule has 1 aliphatic heterocycles. The van der Waals surface area contributed by atoms with Crippen molar-refractivity contribution in [3.05, 3.63) is 29.8 Å². The van der Waals surface area contributed by atoms with Crippen LogP contribution in [0.2, 0.25) is 0 Å². The Morgan fingerprint density at radius 2 is 2.27 bits per heavy atom. The highest BCUT2D eigenvalue weighted by atomic mass is 32.2. The Kier molecular flexibility index (Phi) is 5.16. The standard InChI is InChI=1S/C15H18N2O4S/c1-2-21-15(18)13-6-4-8-17(11-13)22(19,20)14-7-3-5-12(9-14)10-16/h3,5,7,9,13H,2,4,6,8,11H2,1H3/t13-/m0/s1. The van der Waals surface area contributed by atoms with Gasteiger partial charge in [-0.25, -0.2) is 8.42 Å². The highest BCUT2D eigenvalue weighted by molar-refractivity contribution is 7.89. The maximum atomic E-state index is 12.6. The van der Waals surface area contributed by atoms with Gasteiger partial charge in [0.05, 0.1) is 29.1 Å². The molecule has 1 atom stereocenters. The number of carbonyl (C=O) groups excluding carboxylic acids is 1. The molecule has 118 valence electrons. The van der Waals surface area contributed by atoms with Crippen LogP contribution in [-0.2, 0) is 19.6 Å². The van der Waals surface area contributed by atoms with Gasteiger partial charge in [-0.2, -0.15) is 9.57 Å². The third kappa shape index (κ3) is 3.46. The Hall–Kier alpha value is -1.91. The Morgan fingerprint density at radius 3 is 2.95 bits per heavy atom. The molecule has 0 aliphatic carbocycles. The van der Waals surface area contributed by atoms with Crippen LogP contribution in [0.3, 0.4) is 0 Å². The van der Waals surface area contributed by atoms with E-state index in [1.807, 2.05) is 6.07 Å². The topological polar surface area (TPSA) is 87.5 Å². The zero-order valence-electron chi connectivity index (χ0n) is 12.4. The van der Waals surface area contributed by atoms with E-state index < -0.39 is 15.9 Å². The molecule has 1 heterocycles. The summed E-state index contributed by atoms with van der Waals surface area (Å²) in [6.07, 6.45) is 1.24. The number of esters is 1. The highest BCUT2D eigenvalue weighted by Gasteiger charge is 2.34. The van der Waals surface area contributed by atoms with Crippen molar-refractivity contribution >= 4 is 16.0 Å². The monoisotopic (exact) mass is 322 g/mol. The molecule has 2 rings (SSSR count). The molecule has 0 radical (unpaired) electrons. The lowest BCUT2D eigenvalue weighted by Gasteiger charge is -2.30. The molecule has 6 nitrogen and oxygen atoms in total. The normalized spacial score (nSPS) is 19.4. The number of piperidine rings is 1. The minimum Gasteiger partial charge on any atom is -0.466 e. The summed E-state index contributed by atoms with van der Waals surface area (Å²) < 4.78 is 31.6. The molecule has 0 amide bonds. The summed E-state index contributed by atoms with van der Waals surface area (Å²) in [6.45, 7) is 2.50. The molecule has 0 unspecified atom stereocenters. The van der Waals surface area contributed by atoms with E-state index >= 15 is 0 Å². The van der Waals surface area contributed by atoms with Crippen LogP contribution in [0, 0.1) is 17.2 Å². The average molecular weight is 322 g/mol. The number of hydrogen-bond donors (Lipinski definition) is 0. The predicted molar refractivity (Wildman–Crippen MR) is 79.3 cm³/mol. The Labute approximate surface area is 130 Å². The van der Waals surface area contributed by atoms with Crippen molar-refractivity contribution in [1.29, 1.82) is 5.26 Å². The number of ether oxygens (including phenoxy) is 1. The minimum atomic E-state index is -3.70. The number of rotatable bonds is 4. The number of nitrogens with zero attached hydrogens (tertiary/aromatic N) is 2. The molecule has 1 aromatic carbocycles. The first-order chi connectivity index (χ1) is 10.5. The zero-order valence-corrected chi connectivity index (χ0v) is 13.2. The second kappa shape index (κ2) is 6.90. The largest absolute Gasteiger partial charge is 0.466 e. The molecule has 0 aromatic heterocycles. The van der Waals surface area contributed by atoms with Gasteiger partial charge in [0.15, 0.2) is 0 Å². The Morgan fingerprint density at radius 1 is 1.50 bits per heavy atom. The van der Waals surface area contributed by atoms with Crippen molar-refractivity contribution in [2.45, 2.75) is 24.7 Å². The number of benzene rings is 1. The van der Waals surface area contributed by atoms with Gasteiger partial charge in [-0.1, -0.05) is 6.07 Å². The molecule has 7 heteroatoms. The molecule has 0 spiro atoms. The van der Waals surface area contributed by atoms with Crippen molar-refractivity contribution in [3.63, 3.8) is 0 Å². The zero-order chi connectivity index (χ0) is 16.2. The van der Waals surface area contributed by atoms with Crippen LogP contribution in [0.1, 0.15) is 25.3 Å². The van der Waals surface area contributed by atoms with E-state index in [2.05, 4.69) is 0 Å². The summed E-state index contributed by atoms with van der Waals surface area (Å²) in [7, 11) is -3.70. The van der Waals surface area contributed by atoms with Crippen molar-refractivity contribution in [3.8, 4) is 6.07 Å². The Bertz CT molecular complexity index is 694. The van der Waals surface area contributed by atoms with Crippen LogP contribution in [0.25, 0.3) is 0 Å². The molecule has 0 N–H and O–H groups in total. The van der Waals surface area contributed by atoms with E-state index in [-0.39, 0.29) is 24.0 Å². The van der Waals surface area contributed by atoms with Crippen LogP contribution in [0.4, 0.5) is 0 Å². The summed E-state index contributed by atoms with van der Waals surface area (Å²) in [4.78, 5) is 11.9. The van der Waals surface area contributed by atoms with Crippen LogP contribution in [0.15, 0.2) is 29.2 Å². The maximum Gasteiger partial charge on any atom is 0.310 e. The fourth-order valence-corrected chi connectivity index (χ4v) is 4.06. The van der Waals surface area contributed by atoms with Gasteiger partial charge in [-0.15, -0.1) is 0 Å². The number of carbonyl (C=O) groups is 1. The number of sulfonamides is 1. The summed E-state index contributed by atoms with van der Waals surface area (Å²) >= 11 is 0. The fourth-order valence-electron chi connectivity index (χ4n) is 2.49. The SMILES string of the molecule is CCOC(=O)[C@H]1CCCN(S(=O)(=O)c2cccc(C#N)c2)C1. The van der Waals surface area contributed by atoms with Gasteiger partial charge in [0.1, 0.15) is 0 Å². The molecular weight excluding hydrogens is 304 g/mol. The molecule has 1 saturated heterocycles. The van der Waals surface area contributed by atoms with E-state index in [0.717, 1.165) is 0 Å². The predicted octanol–water partition coefficient (Wildman–Crippen LogP) is 1.52. The van der Waals surface area contributed by atoms with Gasteiger partial charge in [-0.05, 0) is 38.0 Å². The molecule has 1 aliphatic rings. The molecule has 1 fully saturated rings. The van der Waals surface area contributed by atoms with Crippen molar-refractivity contribution in [2.24, 2.45) is 5.92 Å². The highest BCUT2D eigenvalue weighted by Crippen LogP contribution is 2.25. The number of hydrogen-bond acceptors (Lipinski definition) is 5. The Balaban J connectivity index is 2.22. The first kappa shape index (κ1) is 16.5. The lowest BCUT2D eigenvalue weighted by Crippen LogP contribution is -2.42. The summed E-state index contributed by atoms with van der Waals surface area (Å²) in [5.41, 5.74) is 0.292. The fraction of sp³-hybridized carbons (Fsp3) is 0.467. The lowest BCUT2D eigenvalue weighted by atomic mass is 10.0. The number of nitriles is 1. The summed E-state index contributed by atoms with van der Waals surface area (Å²) in [6, 6.07) is 7.83. The quantitative estimate of drug-likeness (QED) is 0.784. The average Bonchev–Trinajstić information content (AvgIpc) is 2.55. The molecular formula is C15H18N2O4S. The van der Waals surface area contributed by atoms with Gasteiger partial charge < -0.3 is 4.74 Å². The van der Waals surface area contributed by atoms with Crippen LogP contribution >= 0.6 is 0 Å². The first-order valence-electron chi connectivity index (χ1n) is 7.16. The smallest absolute Gasteiger partial charge is 0.310 e. The van der Waals surface area contributed by atoms with E-state index in [9.17, 15) is 13.2 Å². The van der Waals surface area contributed by atoms with Crippen molar-refractivity contribution < 1.29 is 17.9 Å². The molecule has 0 saturated carbocycles. The third-order valence-electron chi connectivity index (χ3n) is 3.60. The second-order valence-corrected chi connectivity index (χ2v) is 7.03. The maximum absolute atomic E-state index is 12.6. The first-order valence-corrected chi connectivity index (χ1v) is 8.60. The third-order valence-corrected chi connectivity index (χ3v) is 5.47. The minimum absolute atomic E-state index is 0.0797. The van der Waals surface area contributed by atoms with Gasteiger partial charge in [0.25, 0.3) is 0 Å². The van der Waals surface area contributed by atoms with E-state index in [0.29, 0.717) is 24.9 Å². The van der Waals surface area contributed by atoms with E-state index in [4.69, 9.17) is 10.00 Å². The van der Waals surface area contributed by atoms with Gasteiger partial charge in [-0.3, -0.25) is 4.79 Å². The van der Waals surface area contributed by atoms with Gasteiger partial charge >= 0.3 is 5.97 Å². The molecule has 22 heavy (non-hydrogen) atoms. The molecule has 0 bridgehead atoms. The lowest BCUT2D eigenvalue weighted by molar-refractivity contribution is -0.149. The van der Waals surface area contributed by atoms with E-state index in [1.165, 1.54) is 22.5 Å². The summed E-state index contributed by atoms with van der Waals surface area (Å²) in [5, 5.41) is 8.89. The van der Waals surface area contributed by atoms with Crippen LogP contribution < -0.4 is 0 Å².